The average Bonchev–Trinajstić information content (AvgIpc) is 2.73. The normalized spacial score (nSPS) is 10.7. The fourth-order valence-electron chi connectivity index (χ4n) is 1.19. The molecule has 7 heteroatoms. The summed E-state index contributed by atoms with van der Waals surface area (Å²) in [4.78, 5) is 3.85. The molecule has 16 heavy (non-hydrogen) atoms. The first kappa shape index (κ1) is 10.8. The Labute approximate surface area is 94.6 Å². The Morgan fingerprint density at radius 3 is 2.88 bits per heavy atom. The lowest BCUT2D eigenvalue weighted by Gasteiger charge is -2.02. The summed E-state index contributed by atoms with van der Waals surface area (Å²) in [7, 11) is 0. The number of nitrogens with two attached hydrogens (primary N) is 1. The van der Waals surface area contributed by atoms with Crippen molar-refractivity contribution >= 4 is 11.6 Å². The van der Waals surface area contributed by atoms with Crippen molar-refractivity contribution in [2.75, 3.05) is 0 Å². The summed E-state index contributed by atoms with van der Waals surface area (Å²) in [5.41, 5.74) is 5.27. The highest BCUT2D eigenvalue weighted by molar-refractivity contribution is 6.33. The van der Waals surface area contributed by atoms with Crippen LogP contribution in [-0.2, 0) is 6.54 Å². The minimum atomic E-state index is -0.807. The van der Waals surface area contributed by atoms with Crippen molar-refractivity contribution in [1.82, 2.24) is 10.1 Å². The summed E-state index contributed by atoms with van der Waals surface area (Å²) in [6, 6.07) is 2.34. The molecule has 84 valence electrons. The lowest BCUT2D eigenvalue weighted by molar-refractivity contribution is 0.380. The van der Waals surface area contributed by atoms with Gasteiger partial charge in [-0.2, -0.15) is 4.98 Å². The van der Waals surface area contributed by atoms with Crippen molar-refractivity contribution in [3.8, 4) is 17.1 Å². The number of aromatic hydroxyl groups is 1. The standard InChI is InChI=1S/C9H7ClFN3O2/c10-4-1-2-5(11)8(15)7(4)9-13-6(3-12)16-14-9/h1-2,15H,3,12H2. The Hall–Kier alpha value is -1.66. The number of phenols is 1. The van der Waals surface area contributed by atoms with Crippen LogP contribution in [-0.4, -0.2) is 15.2 Å². The van der Waals surface area contributed by atoms with E-state index in [1.54, 1.807) is 0 Å². The fraction of sp³-hybridized carbons (Fsp3) is 0.111. The van der Waals surface area contributed by atoms with Crippen molar-refractivity contribution < 1.29 is 14.0 Å². The molecule has 0 spiro atoms. The molecule has 0 atom stereocenters. The summed E-state index contributed by atoms with van der Waals surface area (Å²) < 4.78 is 17.9. The Kier molecular flexibility index (Phi) is 2.76. The number of hydrogen-bond acceptors (Lipinski definition) is 5. The maximum absolute atomic E-state index is 13.1. The molecule has 3 N–H and O–H groups in total. The van der Waals surface area contributed by atoms with Crippen molar-refractivity contribution in [3.05, 3.63) is 28.9 Å². The number of aromatic nitrogens is 2. The highest BCUT2D eigenvalue weighted by Crippen LogP contribution is 2.35. The van der Waals surface area contributed by atoms with Crippen LogP contribution in [0.1, 0.15) is 5.89 Å². The Morgan fingerprint density at radius 1 is 1.50 bits per heavy atom. The van der Waals surface area contributed by atoms with E-state index in [1.807, 2.05) is 0 Å². The molecule has 2 aromatic rings. The van der Waals surface area contributed by atoms with E-state index < -0.39 is 11.6 Å². The SMILES string of the molecule is NCc1nc(-c2c(Cl)ccc(F)c2O)no1. The second kappa shape index (κ2) is 4.07. The van der Waals surface area contributed by atoms with Crippen LogP contribution < -0.4 is 5.73 Å². The van der Waals surface area contributed by atoms with Gasteiger partial charge in [0.05, 0.1) is 17.1 Å². The molecule has 0 saturated carbocycles. The molecule has 0 aliphatic heterocycles. The van der Waals surface area contributed by atoms with Crippen LogP contribution in [0, 0.1) is 5.82 Å². The average molecular weight is 244 g/mol. The highest BCUT2D eigenvalue weighted by Gasteiger charge is 2.18. The van der Waals surface area contributed by atoms with Gasteiger partial charge in [-0.05, 0) is 12.1 Å². The molecule has 5 nitrogen and oxygen atoms in total. The first-order valence-electron chi connectivity index (χ1n) is 4.33. The molecule has 1 aromatic carbocycles. The number of rotatable bonds is 2. The van der Waals surface area contributed by atoms with E-state index in [4.69, 9.17) is 21.9 Å². The van der Waals surface area contributed by atoms with E-state index in [1.165, 1.54) is 6.07 Å². The molecule has 0 unspecified atom stereocenters. The molecule has 0 aliphatic rings. The molecule has 2 rings (SSSR count). The fourth-order valence-corrected chi connectivity index (χ4v) is 1.43. The van der Waals surface area contributed by atoms with Gasteiger partial charge >= 0.3 is 0 Å². The smallest absolute Gasteiger partial charge is 0.240 e. The zero-order chi connectivity index (χ0) is 11.7. The van der Waals surface area contributed by atoms with Gasteiger partial charge in [-0.1, -0.05) is 16.8 Å². The van der Waals surface area contributed by atoms with Gasteiger partial charge in [-0.25, -0.2) is 4.39 Å². The molecule has 1 heterocycles. The van der Waals surface area contributed by atoms with Gasteiger partial charge in [0.2, 0.25) is 11.7 Å². The predicted octanol–water partition coefficient (Wildman–Crippen LogP) is 1.69. The summed E-state index contributed by atoms with van der Waals surface area (Å²) in [6.07, 6.45) is 0. The van der Waals surface area contributed by atoms with Gasteiger partial charge in [0, 0.05) is 0 Å². The minimum absolute atomic E-state index is 0.00227. The van der Waals surface area contributed by atoms with Crippen LogP contribution >= 0.6 is 11.6 Å². The molecular formula is C9H7ClFN3O2. The molecule has 0 saturated heterocycles. The molecule has 0 aliphatic carbocycles. The van der Waals surface area contributed by atoms with E-state index in [9.17, 15) is 9.50 Å². The quantitative estimate of drug-likeness (QED) is 0.838. The number of benzene rings is 1. The van der Waals surface area contributed by atoms with Crippen LogP contribution in [0.2, 0.25) is 5.02 Å². The van der Waals surface area contributed by atoms with Gasteiger partial charge in [0.15, 0.2) is 11.6 Å². The largest absolute Gasteiger partial charge is 0.504 e. The predicted molar refractivity (Wildman–Crippen MR) is 54.3 cm³/mol. The summed E-state index contributed by atoms with van der Waals surface area (Å²) in [5.74, 6) is -1.24. The monoisotopic (exact) mass is 243 g/mol. The first-order chi connectivity index (χ1) is 7.63. The molecule has 0 amide bonds. The van der Waals surface area contributed by atoms with Gasteiger partial charge in [0.25, 0.3) is 0 Å². The van der Waals surface area contributed by atoms with Gasteiger partial charge in [-0.3, -0.25) is 0 Å². The zero-order valence-corrected chi connectivity index (χ0v) is 8.70. The zero-order valence-electron chi connectivity index (χ0n) is 7.94. The number of phenolic OH excluding ortho intramolecular Hbond substituents is 1. The second-order valence-corrected chi connectivity index (χ2v) is 3.38. The minimum Gasteiger partial charge on any atom is -0.504 e. The number of halogens is 2. The van der Waals surface area contributed by atoms with Crippen LogP contribution in [0.25, 0.3) is 11.4 Å². The molecular weight excluding hydrogens is 237 g/mol. The van der Waals surface area contributed by atoms with Gasteiger partial charge in [0.1, 0.15) is 0 Å². The van der Waals surface area contributed by atoms with Crippen LogP contribution in [0.15, 0.2) is 16.7 Å². The number of hydrogen-bond donors (Lipinski definition) is 2. The highest BCUT2D eigenvalue weighted by atomic mass is 35.5. The van der Waals surface area contributed by atoms with Gasteiger partial charge in [-0.15, -0.1) is 0 Å². The van der Waals surface area contributed by atoms with Crippen LogP contribution in [0.4, 0.5) is 4.39 Å². The van der Waals surface area contributed by atoms with E-state index in [2.05, 4.69) is 10.1 Å². The summed E-state index contributed by atoms with van der Waals surface area (Å²) >= 11 is 5.81. The lowest BCUT2D eigenvalue weighted by Crippen LogP contribution is -1.96. The Balaban J connectivity index is 2.58. The van der Waals surface area contributed by atoms with E-state index in [-0.39, 0.29) is 28.8 Å². The maximum Gasteiger partial charge on any atom is 0.240 e. The van der Waals surface area contributed by atoms with Crippen molar-refractivity contribution in [2.24, 2.45) is 5.73 Å². The van der Waals surface area contributed by atoms with Crippen molar-refractivity contribution in [1.29, 1.82) is 0 Å². The van der Waals surface area contributed by atoms with Gasteiger partial charge < -0.3 is 15.4 Å². The summed E-state index contributed by atoms with van der Waals surface area (Å²) in [6.45, 7) is 0.0562. The van der Waals surface area contributed by atoms with E-state index in [0.717, 1.165) is 6.07 Å². The third-order valence-corrected chi connectivity index (χ3v) is 2.26. The topological polar surface area (TPSA) is 85.2 Å². The Morgan fingerprint density at radius 2 is 2.25 bits per heavy atom. The van der Waals surface area contributed by atoms with Crippen LogP contribution in [0.3, 0.4) is 0 Å². The lowest BCUT2D eigenvalue weighted by atomic mass is 10.2. The molecule has 1 aromatic heterocycles. The summed E-state index contributed by atoms with van der Waals surface area (Å²) in [5, 5.41) is 13.2. The molecule has 0 bridgehead atoms. The number of nitrogens with zero attached hydrogens (tertiary/aromatic N) is 2. The maximum atomic E-state index is 13.1. The second-order valence-electron chi connectivity index (χ2n) is 2.97. The Bertz CT molecular complexity index is 529. The molecule has 0 radical (unpaired) electrons. The van der Waals surface area contributed by atoms with Crippen molar-refractivity contribution in [2.45, 2.75) is 6.54 Å². The van der Waals surface area contributed by atoms with E-state index in [0.29, 0.717) is 0 Å². The van der Waals surface area contributed by atoms with Crippen molar-refractivity contribution in [3.63, 3.8) is 0 Å². The van der Waals surface area contributed by atoms with Crippen LogP contribution in [0.5, 0.6) is 5.75 Å². The third-order valence-electron chi connectivity index (χ3n) is 1.94. The molecule has 0 fully saturated rings. The third kappa shape index (κ3) is 1.72. The van der Waals surface area contributed by atoms with E-state index >= 15 is 0 Å². The first-order valence-corrected chi connectivity index (χ1v) is 4.71.